The number of piperazine rings is 1. The second kappa shape index (κ2) is 5.84. The monoisotopic (exact) mass is 389 g/mol. The Kier molecular flexibility index (Phi) is 3.35. The van der Waals surface area contributed by atoms with Crippen LogP contribution in [0.1, 0.15) is 28.4 Å². The molecule has 3 aliphatic heterocycles. The van der Waals surface area contributed by atoms with Crippen LogP contribution in [0.25, 0.3) is 10.9 Å². The number of likely N-dealkylation sites (N-methyl/N-ethyl adjacent to an activating group) is 1. The van der Waals surface area contributed by atoms with E-state index in [2.05, 4.69) is 11.1 Å². The van der Waals surface area contributed by atoms with E-state index in [1.54, 1.807) is 11.9 Å². The number of aromatic amines is 1. The van der Waals surface area contributed by atoms with Gasteiger partial charge < -0.3 is 19.7 Å². The van der Waals surface area contributed by atoms with Crippen molar-refractivity contribution in [3.05, 3.63) is 64.8 Å². The molecule has 2 atom stereocenters. The third-order valence-corrected chi connectivity index (χ3v) is 6.22. The number of para-hydroxylation sites is 1. The molecule has 7 heteroatoms. The number of aromatic nitrogens is 1. The number of nitrogens with one attached hydrogen (secondary N) is 1. The summed E-state index contributed by atoms with van der Waals surface area (Å²) in [6.45, 7) is 0.498. The predicted octanol–water partition coefficient (Wildman–Crippen LogP) is 2.31. The Morgan fingerprint density at radius 2 is 2.00 bits per heavy atom. The number of benzene rings is 2. The number of carbonyl (C=O) groups is 2. The van der Waals surface area contributed by atoms with Gasteiger partial charge in [-0.05, 0) is 23.3 Å². The molecular weight excluding hydrogens is 370 g/mol. The van der Waals surface area contributed by atoms with Gasteiger partial charge in [0.15, 0.2) is 5.75 Å². The summed E-state index contributed by atoms with van der Waals surface area (Å²) < 4.78 is 0. The largest absolute Gasteiger partial charge is 0.356 e. The second-order valence-corrected chi connectivity index (χ2v) is 7.89. The van der Waals surface area contributed by atoms with Crippen molar-refractivity contribution in [1.82, 2.24) is 14.8 Å². The minimum Gasteiger partial charge on any atom is -0.356 e. The molecule has 1 saturated heterocycles. The van der Waals surface area contributed by atoms with Crippen molar-refractivity contribution in [2.45, 2.75) is 25.1 Å². The molecule has 0 bridgehead atoms. The van der Waals surface area contributed by atoms with Crippen LogP contribution in [0.5, 0.6) is 5.75 Å². The molecule has 0 spiro atoms. The SMILES string of the molecule is CN1CC(=O)N2[C@H](c3ccc4c(c3)OOC4)c3[nH]c4ccccc4c3C[C@@H]2C1=O. The Labute approximate surface area is 166 Å². The highest BCUT2D eigenvalue weighted by Gasteiger charge is 2.47. The van der Waals surface area contributed by atoms with Crippen LogP contribution in [0.15, 0.2) is 42.5 Å². The van der Waals surface area contributed by atoms with Crippen LogP contribution in [-0.2, 0) is 27.5 Å². The highest BCUT2D eigenvalue weighted by Crippen LogP contribution is 2.43. The van der Waals surface area contributed by atoms with E-state index in [4.69, 9.17) is 9.78 Å². The van der Waals surface area contributed by atoms with Crippen molar-refractivity contribution in [2.24, 2.45) is 0 Å². The molecule has 146 valence electrons. The fourth-order valence-electron chi connectivity index (χ4n) is 4.85. The lowest BCUT2D eigenvalue weighted by Gasteiger charge is -2.46. The molecule has 1 aromatic heterocycles. The molecule has 0 aliphatic carbocycles. The molecule has 1 fully saturated rings. The van der Waals surface area contributed by atoms with Crippen LogP contribution in [0.3, 0.4) is 0 Å². The van der Waals surface area contributed by atoms with Crippen molar-refractivity contribution in [3.8, 4) is 5.75 Å². The zero-order chi connectivity index (χ0) is 19.7. The van der Waals surface area contributed by atoms with Crippen LogP contribution in [0, 0.1) is 0 Å². The molecule has 2 amide bonds. The average Bonchev–Trinajstić information content (AvgIpc) is 3.34. The van der Waals surface area contributed by atoms with Gasteiger partial charge in [-0.25, -0.2) is 0 Å². The normalized spacial score (nSPS) is 23.1. The van der Waals surface area contributed by atoms with Gasteiger partial charge in [-0.15, -0.1) is 0 Å². The first-order valence-corrected chi connectivity index (χ1v) is 9.70. The van der Waals surface area contributed by atoms with Gasteiger partial charge in [-0.3, -0.25) is 9.59 Å². The quantitative estimate of drug-likeness (QED) is 0.648. The number of carbonyl (C=O) groups excluding carboxylic acids is 2. The van der Waals surface area contributed by atoms with E-state index in [9.17, 15) is 9.59 Å². The van der Waals surface area contributed by atoms with Crippen LogP contribution in [0.4, 0.5) is 0 Å². The fourth-order valence-corrected chi connectivity index (χ4v) is 4.85. The number of rotatable bonds is 1. The molecule has 29 heavy (non-hydrogen) atoms. The molecule has 0 saturated carbocycles. The number of amides is 2. The zero-order valence-corrected chi connectivity index (χ0v) is 15.8. The van der Waals surface area contributed by atoms with E-state index in [-0.39, 0.29) is 24.4 Å². The predicted molar refractivity (Wildman–Crippen MR) is 104 cm³/mol. The van der Waals surface area contributed by atoms with Gasteiger partial charge in [0, 0.05) is 35.6 Å². The molecule has 6 rings (SSSR count). The third kappa shape index (κ3) is 2.28. The van der Waals surface area contributed by atoms with Gasteiger partial charge in [0.05, 0.1) is 12.6 Å². The molecule has 0 radical (unpaired) electrons. The minimum atomic E-state index is -0.511. The first kappa shape index (κ1) is 16.6. The Morgan fingerprint density at radius 1 is 1.14 bits per heavy atom. The fraction of sp³-hybridized carbons (Fsp3) is 0.273. The van der Waals surface area contributed by atoms with Crippen molar-refractivity contribution < 1.29 is 19.4 Å². The van der Waals surface area contributed by atoms with Crippen LogP contribution < -0.4 is 4.89 Å². The summed E-state index contributed by atoms with van der Waals surface area (Å²) in [5, 5.41) is 1.10. The smallest absolute Gasteiger partial charge is 0.245 e. The topological polar surface area (TPSA) is 74.9 Å². The lowest BCUT2D eigenvalue weighted by molar-refractivity contribution is -0.194. The van der Waals surface area contributed by atoms with Gasteiger partial charge >= 0.3 is 0 Å². The maximum atomic E-state index is 13.1. The molecular formula is C22H19N3O4. The summed E-state index contributed by atoms with van der Waals surface area (Å²) in [6, 6.07) is 13.1. The maximum absolute atomic E-state index is 13.1. The maximum Gasteiger partial charge on any atom is 0.245 e. The van der Waals surface area contributed by atoms with Crippen molar-refractivity contribution >= 4 is 22.7 Å². The molecule has 2 aromatic carbocycles. The van der Waals surface area contributed by atoms with Crippen LogP contribution in [-0.4, -0.2) is 46.2 Å². The lowest BCUT2D eigenvalue weighted by atomic mass is 9.86. The summed E-state index contributed by atoms with van der Waals surface area (Å²) >= 11 is 0. The number of fused-ring (bicyclic) bond motifs is 5. The van der Waals surface area contributed by atoms with Crippen molar-refractivity contribution in [1.29, 1.82) is 0 Å². The van der Waals surface area contributed by atoms with Gasteiger partial charge in [0.2, 0.25) is 11.8 Å². The number of nitrogens with zero attached hydrogens (tertiary/aromatic N) is 2. The Balaban J connectivity index is 1.59. The van der Waals surface area contributed by atoms with E-state index < -0.39 is 6.04 Å². The first-order chi connectivity index (χ1) is 14.1. The van der Waals surface area contributed by atoms with Gasteiger partial charge in [0.1, 0.15) is 12.6 Å². The Morgan fingerprint density at radius 3 is 2.90 bits per heavy atom. The molecule has 4 heterocycles. The van der Waals surface area contributed by atoms with Gasteiger partial charge in [-0.1, -0.05) is 30.3 Å². The van der Waals surface area contributed by atoms with E-state index in [0.717, 1.165) is 33.3 Å². The summed E-state index contributed by atoms with van der Waals surface area (Å²) in [7, 11) is 1.69. The molecule has 1 N–H and O–H groups in total. The zero-order valence-electron chi connectivity index (χ0n) is 15.8. The summed E-state index contributed by atoms with van der Waals surface area (Å²) in [6.07, 6.45) is 0.509. The van der Waals surface area contributed by atoms with E-state index in [1.165, 1.54) is 4.90 Å². The second-order valence-electron chi connectivity index (χ2n) is 7.89. The van der Waals surface area contributed by atoms with E-state index in [1.807, 2.05) is 36.4 Å². The third-order valence-electron chi connectivity index (χ3n) is 6.22. The molecule has 3 aromatic rings. The van der Waals surface area contributed by atoms with Crippen molar-refractivity contribution in [2.75, 3.05) is 13.6 Å². The minimum absolute atomic E-state index is 0.0220. The van der Waals surface area contributed by atoms with E-state index in [0.29, 0.717) is 18.8 Å². The molecule has 7 nitrogen and oxygen atoms in total. The lowest BCUT2D eigenvalue weighted by Crippen LogP contribution is -2.62. The summed E-state index contributed by atoms with van der Waals surface area (Å²) in [5.74, 6) is 0.588. The standard InChI is InChI=1S/C22H19N3O4/c1-24-10-19(26)25-17(22(24)27)9-15-14-4-2-3-5-16(14)23-20(15)21(25)12-6-7-13-11-28-29-18(13)8-12/h2-8,17,21,23H,9-11H2,1H3/t17-,21-/m1/s1. The Bertz CT molecular complexity index is 1180. The van der Waals surface area contributed by atoms with Gasteiger partial charge in [-0.2, -0.15) is 4.89 Å². The molecule has 3 aliphatic rings. The average molecular weight is 389 g/mol. The highest BCUT2D eigenvalue weighted by molar-refractivity contribution is 5.97. The number of H-pyrrole nitrogens is 1. The summed E-state index contributed by atoms with van der Waals surface area (Å²) in [4.78, 5) is 43.3. The van der Waals surface area contributed by atoms with E-state index >= 15 is 0 Å². The first-order valence-electron chi connectivity index (χ1n) is 9.70. The highest BCUT2D eigenvalue weighted by atomic mass is 17.2. The molecule has 0 unspecified atom stereocenters. The van der Waals surface area contributed by atoms with Crippen LogP contribution in [0.2, 0.25) is 0 Å². The number of hydrogen-bond acceptors (Lipinski definition) is 4. The Hall–Kier alpha value is -3.32. The number of hydrogen-bond donors (Lipinski definition) is 1. The van der Waals surface area contributed by atoms with Crippen molar-refractivity contribution in [3.63, 3.8) is 0 Å². The van der Waals surface area contributed by atoms with Gasteiger partial charge in [0.25, 0.3) is 0 Å². The van der Waals surface area contributed by atoms with Crippen LogP contribution >= 0.6 is 0 Å². The summed E-state index contributed by atoms with van der Waals surface area (Å²) in [5.41, 5.74) is 4.94.